The molecule has 1 aromatic rings. The Hall–Kier alpha value is -2.81. The highest BCUT2D eigenvalue weighted by atomic mass is 16.5. The van der Waals surface area contributed by atoms with Crippen molar-refractivity contribution in [3.05, 3.63) is 29.8 Å². The van der Waals surface area contributed by atoms with E-state index in [1.165, 1.54) is 10.5 Å². The van der Waals surface area contributed by atoms with Crippen LogP contribution in [-0.4, -0.2) is 143 Å². The lowest BCUT2D eigenvalue weighted by molar-refractivity contribution is -0.147. The summed E-state index contributed by atoms with van der Waals surface area (Å²) in [5.74, 6) is -2.50. The standard InChI is InChI=1S/C28H46N4O9/c33-17-3-1-2-5-22-7-9-23(10-8-22)41-18-4-6-24-28(40)32(21-27(38)39)14-12-29-11-13-30(19-25(34)35)15-16-31(24)20-26(36)37/h7-10,24,28-29,33,40H,1-6,11-21H2,(H,34,35)(H,36,37)(H,38,39). The van der Waals surface area contributed by atoms with E-state index in [-0.39, 0.29) is 39.3 Å². The van der Waals surface area contributed by atoms with Gasteiger partial charge >= 0.3 is 17.9 Å². The molecule has 0 bridgehead atoms. The number of aliphatic hydroxyl groups excluding tert-OH is 2. The number of carboxylic acids is 3. The quantitative estimate of drug-likeness (QED) is 0.143. The number of carboxylic acid groups (broad SMARTS) is 3. The van der Waals surface area contributed by atoms with E-state index < -0.39 is 36.7 Å². The number of hydrogen-bond acceptors (Lipinski definition) is 10. The van der Waals surface area contributed by atoms with Crippen LogP contribution in [0.1, 0.15) is 37.7 Å². The topological polar surface area (TPSA) is 183 Å². The molecule has 13 heteroatoms. The first-order valence-corrected chi connectivity index (χ1v) is 14.3. The smallest absolute Gasteiger partial charge is 0.317 e. The summed E-state index contributed by atoms with van der Waals surface area (Å²) in [4.78, 5) is 39.4. The predicted molar refractivity (Wildman–Crippen MR) is 151 cm³/mol. The second kappa shape index (κ2) is 19.3. The number of nitrogens with one attached hydrogen (secondary N) is 1. The van der Waals surface area contributed by atoms with E-state index in [0.29, 0.717) is 44.8 Å². The van der Waals surface area contributed by atoms with E-state index in [1.54, 1.807) is 9.80 Å². The van der Waals surface area contributed by atoms with Gasteiger partial charge in [0.25, 0.3) is 0 Å². The molecule has 0 spiro atoms. The van der Waals surface area contributed by atoms with Crippen LogP contribution in [0.25, 0.3) is 0 Å². The van der Waals surface area contributed by atoms with E-state index in [1.807, 2.05) is 24.3 Å². The molecule has 2 atom stereocenters. The van der Waals surface area contributed by atoms with Crippen molar-refractivity contribution in [2.24, 2.45) is 0 Å². The zero-order chi connectivity index (χ0) is 30.0. The summed E-state index contributed by atoms with van der Waals surface area (Å²) in [6, 6.07) is 7.06. The third kappa shape index (κ3) is 14.1. The Morgan fingerprint density at radius 3 is 2.12 bits per heavy atom. The third-order valence-electron chi connectivity index (χ3n) is 7.07. The van der Waals surface area contributed by atoms with Crippen molar-refractivity contribution in [2.45, 2.75) is 50.8 Å². The first-order chi connectivity index (χ1) is 19.7. The number of unbranched alkanes of at least 4 members (excludes halogenated alkanes) is 2. The minimum atomic E-state index is -1.26. The number of nitrogens with zero attached hydrogens (tertiary/aromatic N) is 3. The van der Waals surface area contributed by atoms with E-state index in [4.69, 9.17) is 9.84 Å². The maximum atomic E-state index is 11.8. The zero-order valence-electron chi connectivity index (χ0n) is 23.7. The molecule has 0 amide bonds. The van der Waals surface area contributed by atoms with Crippen LogP contribution in [0, 0.1) is 0 Å². The number of aliphatic carboxylic acids is 3. The van der Waals surface area contributed by atoms with E-state index in [2.05, 4.69) is 5.32 Å². The Balaban J connectivity index is 2.10. The van der Waals surface area contributed by atoms with Crippen molar-refractivity contribution in [1.29, 1.82) is 0 Å². The highest BCUT2D eigenvalue weighted by Crippen LogP contribution is 2.18. The molecule has 1 heterocycles. The fraction of sp³-hybridized carbons (Fsp3) is 0.679. The van der Waals surface area contributed by atoms with Gasteiger partial charge in [0.05, 0.1) is 32.3 Å². The summed E-state index contributed by atoms with van der Waals surface area (Å²) in [5.41, 5.74) is 1.18. The molecule has 0 aliphatic carbocycles. The highest BCUT2D eigenvalue weighted by molar-refractivity contribution is 5.70. The Labute approximate surface area is 241 Å². The van der Waals surface area contributed by atoms with Gasteiger partial charge in [-0.25, -0.2) is 0 Å². The van der Waals surface area contributed by atoms with Gasteiger partial charge in [0, 0.05) is 45.9 Å². The van der Waals surface area contributed by atoms with Crippen LogP contribution in [0.15, 0.2) is 24.3 Å². The lowest BCUT2D eigenvalue weighted by Gasteiger charge is -2.40. The van der Waals surface area contributed by atoms with Gasteiger partial charge in [-0.2, -0.15) is 0 Å². The Morgan fingerprint density at radius 1 is 0.805 bits per heavy atom. The first-order valence-electron chi connectivity index (χ1n) is 14.3. The van der Waals surface area contributed by atoms with Gasteiger partial charge < -0.3 is 35.6 Å². The van der Waals surface area contributed by atoms with Crippen molar-refractivity contribution in [3.8, 4) is 5.75 Å². The molecule has 1 aliphatic rings. The number of benzene rings is 1. The second-order valence-corrected chi connectivity index (χ2v) is 10.3. The van der Waals surface area contributed by atoms with Gasteiger partial charge in [-0.05, 0) is 49.8 Å². The zero-order valence-corrected chi connectivity index (χ0v) is 23.7. The van der Waals surface area contributed by atoms with Crippen LogP contribution >= 0.6 is 0 Å². The number of aryl methyl sites for hydroxylation is 1. The minimum absolute atomic E-state index is 0.183. The maximum absolute atomic E-state index is 11.8. The van der Waals surface area contributed by atoms with Gasteiger partial charge in [-0.1, -0.05) is 18.6 Å². The average Bonchev–Trinajstić information content (AvgIpc) is 2.91. The van der Waals surface area contributed by atoms with Crippen LogP contribution in [0.3, 0.4) is 0 Å². The highest BCUT2D eigenvalue weighted by Gasteiger charge is 2.33. The summed E-state index contributed by atoms with van der Waals surface area (Å²) in [6.45, 7) is 1.46. The Bertz CT molecular complexity index is 918. The van der Waals surface area contributed by atoms with Crippen molar-refractivity contribution in [1.82, 2.24) is 20.0 Å². The second-order valence-electron chi connectivity index (χ2n) is 10.3. The van der Waals surface area contributed by atoms with Crippen molar-refractivity contribution >= 4 is 17.9 Å². The maximum Gasteiger partial charge on any atom is 0.317 e. The lowest BCUT2D eigenvalue weighted by Crippen LogP contribution is -2.57. The SMILES string of the molecule is O=C(O)CN1CCNCCN(CC(=O)O)C(O)C(CCCOc2ccc(CCCCCO)cc2)N(CC(=O)O)CC1. The molecule has 13 nitrogen and oxygen atoms in total. The molecule has 1 fully saturated rings. The van der Waals surface area contributed by atoms with Gasteiger partial charge in [-0.15, -0.1) is 0 Å². The third-order valence-corrected chi connectivity index (χ3v) is 7.07. The Kier molecular flexibility index (Phi) is 16.2. The fourth-order valence-electron chi connectivity index (χ4n) is 4.95. The summed E-state index contributed by atoms with van der Waals surface area (Å²) in [5, 5.41) is 51.8. The molecule has 232 valence electrons. The van der Waals surface area contributed by atoms with E-state index >= 15 is 0 Å². The molecule has 1 aliphatic heterocycles. The van der Waals surface area contributed by atoms with Crippen LogP contribution in [0.2, 0.25) is 0 Å². The van der Waals surface area contributed by atoms with Crippen molar-refractivity contribution in [3.63, 3.8) is 0 Å². The van der Waals surface area contributed by atoms with Crippen LogP contribution < -0.4 is 10.1 Å². The molecule has 0 radical (unpaired) electrons. The van der Waals surface area contributed by atoms with E-state index in [0.717, 1.165) is 25.7 Å². The molecule has 2 rings (SSSR count). The van der Waals surface area contributed by atoms with Gasteiger partial charge in [0.1, 0.15) is 12.0 Å². The molecule has 6 N–H and O–H groups in total. The first kappa shape index (κ1) is 34.4. The van der Waals surface area contributed by atoms with Crippen LogP contribution in [-0.2, 0) is 20.8 Å². The number of ether oxygens (including phenoxy) is 1. The minimum Gasteiger partial charge on any atom is -0.494 e. The summed E-state index contributed by atoms with van der Waals surface area (Å²) in [6.07, 6.45) is 3.24. The lowest BCUT2D eigenvalue weighted by atomic mass is 10.1. The van der Waals surface area contributed by atoms with Gasteiger partial charge in [0.15, 0.2) is 0 Å². The Morgan fingerprint density at radius 2 is 1.46 bits per heavy atom. The van der Waals surface area contributed by atoms with Crippen LogP contribution in [0.5, 0.6) is 5.75 Å². The fourth-order valence-corrected chi connectivity index (χ4v) is 4.95. The summed E-state index contributed by atoms with van der Waals surface area (Å²) < 4.78 is 5.90. The molecular weight excluding hydrogens is 536 g/mol. The molecule has 41 heavy (non-hydrogen) atoms. The molecule has 1 aromatic carbocycles. The number of aliphatic hydroxyl groups is 2. The summed E-state index contributed by atoms with van der Waals surface area (Å²) >= 11 is 0. The monoisotopic (exact) mass is 582 g/mol. The number of rotatable bonds is 16. The molecule has 0 aromatic heterocycles. The molecule has 1 saturated heterocycles. The predicted octanol–water partition coefficient (Wildman–Crippen LogP) is 0.000700. The number of carbonyl (C=O) groups is 3. The normalized spacial score (nSPS) is 20.1. The van der Waals surface area contributed by atoms with Gasteiger partial charge in [0.2, 0.25) is 0 Å². The number of hydrogen-bond donors (Lipinski definition) is 6. The van der Waals surface area contributed by atoms with E-state index in [9.17, 15) is 34.8 Å². The van der Waals surface area contributed by atoms with Crippen molar-refractivity contribution in [2.75, 3.05) is 72.1 Å². The molecular formula is C28H46N4O9. The largest absolute Gasteiger partial charge is 0.494 e. The average molecular weight is 583 g/mol. The summed E-state index contributed by atoms with van der Waals surface area (Å²) in [7, 11) is 0. The molecule has 2 unspecified atom stereocenters. The van der Waals surface area contributed by atoms with Crippen molar-refractivity contribution < 1.29 is 44.7 Å². The molecule has 0 saturated carbocycles. The van der Waals surface area contributed by atoms with Gasteiger partial charge in [-0.3, -0.25) is 29.1 Å². The van der Waals surface area contributed by atoms with Crippen LogP contribution in [0.4, 0.5) is 0 Å².